The van der Waals surface area contributed by atoms with Crippen LogP contribution in [-0.4, -0.2) is 29.2 Å². The van der Waals surface area contributed by atoms with E-state index >= 15 is 0 Å². The van der Waals surface area contributed by atoms with Gasteiger partial charge in [0, 0.05) is 0 Å². The van der Waals surface area contributed by atoms with Crippen molar-refractivity contribution in [2.75, 3.05) is 0 Å². The summed E-state index contributed by atoms with van der Waals surface area (Å²) >= 11 is 0. The van der Waals surface area contributed by atoms with Crippen molar-refractivity contribution in [3.8, 4) is 0 Å². The lowest BCUT2D eigenvalue weighted by molar-refractivity contribution is -0.234. The van der Waals surface area contributed by atoms with E-state index in [0.29, 0.717) is 0 Å². The zero-order valence-corrected chi connectivity index (χ0v) is 6.57. The molecule has 1 fully saturated rings. The van der Waals surface area contributed by atoms with Gasteiger partial charge in [-0.1, -0.05) is 0 Å². The van der Waals surface area contributed by atoms with Gasteiger partial charge in [-0.3, -0.25) is 10.1 Å². The van der Waals surface area contributed by atoms with Crippen molar-refractivity contribution in [1.29, 1.82) is 0 Å². The van der Waals surface area contributed by atoms with Crippen LogP contribution in [-0.2, 0) is 14.5 Å². The Morgan fingerprint density at radius 2 is 2.23 bits per heavy atom. The molecule has 0 radical (unpaired) electrons. The van der Waals surface area contributed by atoms with Crippen molar-refractivity contribution >= 4 is 17.9 Å². The molecular weight excluding hydrogens is 180 g/mol. The zero-order chi connectivity index (χ0) is 9.84. The first-order chi connectivity index (χ1) is 6.13. The Morgan fingerprint density at radius 1 is 1.54 bits per heavy atom. The van der Waals surface area contributed by atoms with Crippen LogP contribution in [0.25, 0.3) is 0 Å². The number of urea groups is 1. The highest BCUT2D eigenvalue weighted by molar-refractivity contribution is 6.04. The third kappa shape index (κ3) is 2.41. The van der Waals surface area contributed by atoms with Gasteiger partial charge in [-0.25, -0.2) is 9.59 Å². The number of hydrogen-bond acceptors (Lipinski definition) is 5. The second-order valence-corrected chi connectivity index (χ2v) is 2.52. The van der Waals surface area contributed by atoms with Crippen LogP contribution in [0, 0.1) is 0 Å². The largest absolute Gasteiger partial charge is 0.342 e. The monoisotopic (exact) mass is 188 g/mol. The highest BCUT2D eigenvalue weighted by atomic mass is 17.1. The first kappa shape index (κ1) is 9.46. The molecule has 3 N–H and O–H groups in total. The lowest BCUT2D eigenvalue weighted by Gasteiger charge is -2.03. The van der Waals surface area contributed by atoms with Crippen LogP contribution >= 0.6 is 0 Å². The first-order valence-corrected chi connectivity index (χ1v) is 3.59. The van der Waals surface area contributed by atoms with E-state index in [1.807, 2.05) is 5.32 Å². The second kappa shape index (κ2) is 3.85. The normalized spacial score (nSPS) is 20.8. The molecule has 1 rings (SSSR count). The van der Waals surface area contributed by atoms with Gasteiger partial charge in [0.15, 0.2) is 0 Å². The molecule has 1 aliphatic heterocycles. The van der Waals surface area contributed by atoms with E-state index in [0.717, 1.165) is 0 Å². The van der Waals surface area contributed by atoms with Gasteiger partial charge >= 0.3 is 12.0 Å². The number of amides is 3. The summed E-state index contributed by atoms with van der Waals surface area (Å²) in [7, 11) is 0. The van der Waals surface area contributed by atoms with Gasteiger partial charge in [-0.2, -0.15) is 5.26 Å². The highest BCUT2D eigenvalue weighted by Crippen LogP contribution is 2.02. The standard InChI is InChI=1S/C6H8N2O5/c9-4(13-12)2-1-3-5(10)8-6(11)7-3/h3,12H,1-2H2,(H2,7,8,10,11). The fraction of sp³-hybridized carbons (Fsp3) is 0.500. The molecule has 1 heterocycles. The molecular formula is C6H8N2O5. The minimum absolute atomic E-state index is 0.108. The van der Waals surface area contributed by atoms with Gasteiger partial charge in [0.05, 0.1) is 6.42 Å². The van der Waals surface area contributed by atoms with E-state index in [2.05, 4.69) is 10.2 Å². The van der Waals surface area contributed by atoms with Crippen LogP contribution in [0.2, 0.25) is 0 Å². The van der Waals surface area contributed by atoms with Gasteiger partial charge in [0.25, 0.3) is 5.91 Å². The number of carbonyl (C=O) groups excluding carboxylic acids is 3. The van der Waals surface area contributed by atoms with E-state index in [1.54, 1.807) is 0 Å². The molecule has 1 unspecified atom stereocenters. The predicted molar refractivity (Wildman–Crippen MR) is 38.4 cm³/mol. The maximum Gasteiger partial charge on any atom is 0.342 e. The maximum absolute atomic E-state index is 10.9. The summed E-state index contributed by atoms with van der Waals surface area (Å²) in [5.74, 6) is -1.32. The number of hydrogen-bond donors (Lipinski definition) is 3. The smallest absolute Gasteiger partial charge is 0.326 e. The van der Waals surface area contributed by atoms with Crippen molar-refractivity contribution in [3.05, 3.63) is 0 Å². The van der Waals surface area contributed by atoms with Crippen molar-refractivity contribution in [1.82, 2.24) is 10.6 Å². The average Bonchev–Trinajstić information content (AvgIpc) is 2.41. The number of carbonyl (C=O) groups is 3. The van der Waals surface area contributed by atoms with Gasteiger partial charge in [-0.15, -0.1) is 0 Å². The molecule has 0 aromatic carbocycles. The number of imide groups is 1. The molecule has 0 aromatic heterocycles. The van der Waals surface area contributed by atoms with Crippen molar-refractivity contribution < 1.29 is 24.5 Å². The summed E-state index contributed by atoms with van der Waals surface area (Å²) in [5, 5.41) is 12.2. The molecule has 1 atom stereocenters. The minimum Gasteiger partial charge on any atom is -0.326 e. The Morgan fingerprint density at radius 3 is 2.69 bits per heavy atom. The van der Waals surface area contributed by atoms with Crippen LogP contribution in [0.15, 0.2) is 0 Å². The molecule has 72 valence electrons. The topological polar surface area (TPSA) is 105 Å². The second-order valence-electron chi connectivity index (χ2n) is 2.52. The maximum atomic E-state index is 10.9. The Bertz CT molecular complexity index is 251. The van der Waals surface area contributed by atoms with Gasteiger partial charge < -0.3 is 10.2 Å². The summed E-state index contributed by atoms with van der Waals surface area (Å²) in [5.41, 5.74) is 0. The SMILES string of the molecule is O=C1NC(=O)C(CCC(=O)OO)N1. The molecule has 7 nitrogen and oxygen atoms in total. The van der Waals surface area contributed by atoms with Crippen LogP contribution in [0.1, 0.15) is 12.8 Å². The summed E-state index contributed by atoms with van der Waals surface area (Å²) < 4.78 is 0. The Balaban J connectivity index is 2.33. The summed E-state index contributed by atoms with van der Waals surface area (Å²) in [6.45, 7) is 0. The zero-order valence-electron chi connectivity index (χ0n) is 6.57. The lowest BCUT2D eigenvalue weighted by atomic mass is 10.1. The Kier molecular flexibility index (Phi) is 2.80. The molecule has 0 saturated carbocycles. The number of rotatable bonds is 3. The molecule has 0 spiro atoms. The van der Waals surface area contributed by atoms with Gasteiger partial charge in [0.2, 0.25) is 0 Å². The summed E-state index contributed by atoms with van der Waals surface area (Å²) in [6, 6.07) is -1.29. The van der Waals surface area contributed by atoms with E-state index < -0.39 is 23.9 Å². The van der Waals surface area contributed by atoms with Crippen molar-refractivity contribution in [3.63, 3.8) is 0 Å². The van der Waals surface area contributed by atoms with Crippen molar-refractivity contribution in [2.24, 2.45) is 0 Å². The van der Waals surface area contributed by atoms with Crippen LogP contribution in [0.5, 0.6) is 0 Å². The third-order valence-electron chi connectivity index (χ3n) is 1.60. The number of nitrogens with one attached hydrogen (secondary N) is 2. The fourth-order valence-corrected chi connectivity index (χ4v) is 0.970. The van der Waals surface area contributed by atoms with E-state index in [1.165, 1.54) is 0 Å². The fourth-order valence-electron chi connectivity index (χ4n) is 0.970. The van der Waals surface area contributed by atoms with E-state index in [4.69, 9.17) is 5.26 Å². The van der Waals surface area contributed by atoms with Crippen LogP contribution in [0.3, 0.4) is 0 Å². The molecule has 7 heteroatoms. The molecule has 0 aromatic rings. The Hall–Kier alpha value is -1.63. The lowest BCUT2D eigenvalue weighted by Crippen LogP contribution is -2.29. The molecule has 13 heavy (non-hydrogen) atoms. The van der Waals surface area contributed by atoms with Crippen LogP contribution < -0.4 is 10.6 Å². The molecule has 3 amide bonds. The first-order valence-electron chi connectivity index (χ1n) is 3.59. The van der Waals surface area contributed by atoms with Gasteiger partial charge in [-0.05, 0) is 6.42 Å². The minimum atomic E-state index is -0.839. The van der Waals surface area contributed by atoms with Gasteiger partial charge in [0.1, 0.15) is 6.04 Å². The molecule has 0 bridgehead atoms. The summed E-state index contributed by atoms with van der Waals surface area (Å²) in [6.07, 6.45) is -0.0220. The average molecular weight is 188 g/mol. The third-order valence-corrected chi connectivity index (χ3v) is 1.60. The van der Waals surface area contributed by atoms with E-state index in [9.17, 15) is 14.4 Å². The van der Waals surface area contributed by atoms with Crippen molar-refractivity contribution in [2.45, 2.75) is 18.9 Å². The molecule has 1 aliphatic rings. The highest BCUT2D eigenvalue weighted by Gasteiger charge is 2.29. The quantitative estimate of drug-likeness (QED) is 0.299. The van der Waals surface area contributed by atoms with E-state index in [-0.39, 0.29) is 12.8 Å². The molecule has 0 aliphatic carbocycles. The Labute approximate surface area is 73.0 Å². The molecule has 1 saturated heterocycles. The predicted octanol–water partition coefficient (Wildman–Crippen LogP) is -1.01. The van der Waals surface area contributed by atoms with Crippen LogP contribution in [0.4, 0.5) is 4.79 Å². The summed E-state index contributed by atoms with van der Waals surface area (Å²) in [4.78, 5) is 35.3.